The van der Waals surface area contributed by atoms with Gasteiger partial charge in [0.05, 0.1) is 8.07 Å². The predicted molar refractivity (Wildman–Crippen MR) is 79.0 cm³/mol. The third kappa shape index (κ3) is 1.91. The van der Waals surface area contributed by atoms with Crippen LogP contribution in [-0.4, -0.2) is 13.2 Å². The molecule has 1 N–H and O–H groups in total. The van der Waals surface area contributed by atoms with Crippen LogP contribution >= 0.6 is 0 Å². The Morgan fingerprint density at radius 3 is 2.22 bits per heavy atom. The van der Waals surface area contributed by atoms with Gasteiger partial charge in [-0.1, -0.05) is 57.1 Å². The second-order valence-electron chi connectivity index (χ2n) is 4.90. The average Bonchev–Trinajstić information content (AvgIpc) is 2.81. The molecule has 0 unspecified atom stereocenters. The van der Waals surface area contributed by atoms with Crippen LogP contribution in [0.15, 0.2) is 28.7 Å². The Balaban J connectivity index is 2.74. The number of fused-ring (bicyclic) bond motifs is 1. The SMILES string of the molecule is CC[Si](CC)(CC)c1c(CO)oc2ccccc12. The number of benzene rings is 1. The summed E-state index contributed by atoms with van der Waals surface area (Å²) in [5.41, 5.74) is 0.920. The van der Waals surface area contributed by atoms with E-state index in [4.69, 9.17) is 4.42 Å². The van der Waals surface area contributed by atoms with Gasteiger partial charge < -0.3 is 9.52 Å². The molecule has 0 aliphatic rings. The summed E-state index contributed by atoms with van der Waals surface area (Å²) in [4.78, 5) is 0. The molecule has 0 fully saturated rings. The topological polar surface area (TPSA) is 33.4 Å². The van der Waals surface area contributed by atoms with E-state index in [2.05, 4.69) is 32.9 Å². The Morgan fingerprint density at radius 2 is 1.67 bits per heavy atom. The molecule has 1 aromatic carbocycles. The monoisotopic (exact) mass is 262 g/mol. The van der Waals surface area contributed by atoms with Crippen molar-refractivity contribution in [3.63, 3.8) is 0 Å². The van der Waals surface area contributed by atoms with Crippen LogP contribution in [0.5, 0.6) is 0 Å². The standard InChI is InChI=1S/C15H22O2Si/c1-4-18(5-2,6-3)15-12-9-7-8-10-13(12)17-14(15)11-16/h7-10,16H,4-6,11H2,1-3H3. The van der Waals surface area contributed by atoms with Crippen LogP contribution in [0.3, 0.4) is 0 Å². The smallest absolute Gasteiger partial charge is 0.134 e. The first-order valence-corrected chi connectivity index (χ1v) is 9.46. The summed E-state index contributed by atoms with van der Waals surface area (Å²) in [7, 11) is -1.52. The number of aliphatic hydroxyl groups excluding tert-OH is 1. The molecule has 0 bridgehead atoms. The number of hydrogen-bond donors (Lipinski definition) is 1. The van der Waals surface area contributed by atoms with Gasteiger partial charge in [0.2, 0.25) is 0 Å². The molecule has 0 saturated heterocycles. The van der Waals surface area contributed by atoms with E-state index in [1.807, 2.05) is 12.1 Å². The summed E-state index contributed by atoms with van der Waals surface area (Å²) >= 11 is 0. The molecule has 0 radical (unpaired) electrons. The summed E-state index contributed by atoms with van der Waals surface area (Å²) in [6.07, 6.45) is 0. The highest BCUT2D eigenvalue weighted by atomic mass is 28.3. The number of hydrogen-bond acceptors (Lipinski definition) is 2. The molecule has 1 heterocycles. The van der Waals surface area contributed by atoms with E-state index in [1.165, 1.54) is 28.7 Å². The van der Waals surface area contributed by atoms with Crippen molar-refractivity contribution in [3.8, 4) is 0 Å². The maximum atomic E-state index is 9.60. The second-order valence-corrected chi connectivity index (χ2v) is 10.1. The van der Waals surface area contributed by atoms with Crippen molar-refractivity contribution in [3.05, 3.63) is 30.0 Å². The first-order chi connectivity index (χ1) is 8.72. The Morgan fingerprint density at radius 1 is 1.06 bits per heavy atom. The number of rotatable bonds is 5. The molecule has 98 valence electrons. The highest BCUT2D eigenvalue weighted by Gasteiger charge is 2.35. The Hall–Kier alpha value is -1.06. The lowest BCUT2D eigenvalue weighted by atomic mass is 10.2. The number of aliphatic hydroxyl groups is 1. The first kappa shape index (κ1) is 13.4. The van der Waals surface area contributed by atoms with Crippen LogP contribution in [0.25, 0.3) is 11.0 Å². The molecule has 0 aliphatic carbocycles. The minimum atomic E-state index is -1.52. The Labute approximate surface area is 110 Å². The molecule has 2 rings (SSSR count). The zero-order valence-electron chi connectivity index (χ0n) is 11.5. The lowest BCUT2D eigenvalue weighted by Crippen LogP contribution is -2.47. The third-order valence-electron chi connectivity index (χ3n) is 4.37. The van der Waals surface area contributed by atoms with Crippen molar-refractivity contribution in [1.82, 2.24) is 0 Å². The minimum Gasteiger partial charge on any atom is -0.459 e. The van der Waals surface area contributed by atoms with Gasteiger partial charge >= 0.3 is 0 Å². The van der Waals surface area contributed by atoms with E-state index < -0.39 is 8.07 Å². The number of para-hydroxylation sites is 1. The van der Waals surface area contributed by atoms with Gasteiger partial charge in [0, 0.05) is 5.39 Å². The second kappa shape index (κ2) is 5.29. The normalized spacial score (nSPS) is 12.2. The van der Waals surface area contributed by atoms with Crippen LogP contribution in [-0.2, 0) is 6.61 Å². The molecule has 0 atom stereocenters. The van der Waals surface area contributed by atoms with E-state index in [-0.39, 0.29) is 6.61 Å². The molecule has 18 heavy (non-hydrogen) atoms. The number of furan rings is 1. The van der Waals surface area contributed by atoms with Crippen molar-refractivity contribution in [2.75, 3.05) is 0 Å². The molecular weight excluding hydrogens is 240 g/mol. The lowest BCUT2D eigenvalue weighted by Gasteiger charge is -2.28. The van der Waals surface area contributed by atoms with E-state index in [0.29, 0.717) is 0 Å². The zero-order valence-corrected chi connectivity index (χ0v) is 12.5. The minimum absolute atomic E-state index is 0.0127. The lowest BCUT2D eigenvalue weighted by molar-refractivity contribution is 0.252. The fourth-order valence-corrected chi connectivity index (χ4v) is 7.13. The van der Waals surface area contributed by atoms with E-state index in [1.54, 1.807) is 0 Å². The summed E-state index contributed by atoms with van der Waals surface area (Å²) in [6.45, 7) is 6.85. The maximum Gasteiger partial charge on any atom is 0.134 e. The summed E-state index contributed by atoms with van der Waals surface area (Å²) in [5.74, 6) is 0.799. The molecule has 2 aromatic rings. The summed E-state index contributed by atoms with van der Waals surface area (Å²) < 4.78 is 5.84. The molecular formula is C15H22O2Si. The third-order valence-corrected chi connectivity index (χ3v) is 10.0. The van der Waals surface area contributed by atoms with Gasteiger partial charge in [0.1, 0.15) is 18.0 Å². The van der Waals surface area contributed by atoms with Crippen LogP contribution in [0.4, 0.5) is 0 Å². The highest BCUT2D eigenvalue weighted by molar-refractivity contribution is 6.93. The molecule has 2 nitrogen and oxygen atoms in total. The average molecular weight is 262 g/mol. The van der Waals surface area contributed by atoms with Gasteiger partial charge in [0.15, 0.2) is 0 Å². The van der Waals surface area contributed by atoms with Crippen LogP contribution in [0.2, 0.25) is 18.1 Å². The first-order valence-electron chi connectivity index (χ1n) is 6.84. The molecule has 1 aromatic heterocycles. The molecule has 0 amide bonds. The van der Waals surface area contributed by atoms with E-state index >= 15 is 0 Å². The van der Waals surface area contributed by atoms with Gasteiger partial charge in [-0.3, -0.25) is 0 Å². The van der Waals surface area contributed by atoms with Gasteiger partial charge in [-0.25, -0.2) is 0 Å². The predicted octanol–water partition coefficient (Wildman–Crippen LogP) is 3.64. The van der Waals surface area contributed by atoms with Gasteiger partial charge in [-0.05, 0) is 11.3 Å². The van der Waals surface area contributed by atoms with Crippen molar-refractivity contribution < 1.29 is 9.52 Å². The van der Waals surface area contributed by atoms with Crippen LogP contribution in [0.1, 0.15) is 26.5 Å². The Kier molecular flexibility index (Phi) is 3.93. The van der Waals surface area contributed by atoms with Crippen molar-refractivity contribution in [2.24, 2.45) is 0 Å². The molecule has 0 aliphatic heterocycles. The fraction of sp³-hybridized carbons (Fsp3) is 0.467. The largest absolute Gasteiger partial charge is 0.459 e. The van der Waals surface area contributed by atoms with Crippen molar-refractivity contribution in [2.45, 2.75) is 45.5 Å². The summed E-state index contributed by atoms with van der Waals surface area (Å²) in [6, 6.07) is 11.8. The van der Waals surface area contributed by atoms with Gasteiger partial charge in [-0.15, -0.1) is 0 Å². The molecule has 3 heteroatoms. The maximum absolute atomic E-state index is 9.60. The summed E-state index contributed by atoms with van der Waals surface area (Å²) in [5, 5.41) is 12.2. The molecule has 0 saturated carbocycles. The quantitative estimate of drug-likeness (QED) is 0.835. The fourth-order valence-electron chi connectivity index (χ4n) is 3.07. The van der Waals surface area contributed by atoms with Gasteiger partial charge in [-0.2, -0.15) is 0 Å². The Bertz CT molecular complexity index is 518. The van der Waals surface area contributed by atoms with Gasteiger partial charge in [0.25, 0.3) is 0 Å². The van der Waals surface area contributed by atoms with Crippen LogP contribution < -0.4 is 5.19 Å². The highest BCUT2D eigenvalue weighted by Crippen LogP contribution is 2.28. The molecule has 0 spiro atoms. The van der Waals surface area contributed by atoms with Crippen molar-refractivity contribution in [1.29, 1.82) is 0 Å². The van der Waals surface area contributed by atoms with E-state index in [0.717, 1.165) is 11.3 Å². The zero-order chi connectivity index (χ0) is 13.2. The van der Waals surface area contributed by atoms with Crippen molar-refractivity contribution >= 4 is 24.2 Å². The van der Waals surface area contributed by atoms with Crippen LogP contribution in [0, 0.1) is 0 Å². The van der Waals surface area contributed by atoms with E-state index in [9.17, 15) is 5.11 Å².